The molecule has 0 heterocycles. The van der Waals surface area contributed by atoms with Crippen molar-refractivity contribution in [3.05, 3.63) is 70.8 Å². The van der Waals surface area contributed by atoms with E-state index in [0.717, 1.165) is 22.3 Å². The Morgan fingerprint density at radius 3 is 1.30 bits per heavy atom. The minimum Gasteiger partial charge on any atom is -0.293 e. The second-order valence-electron chi connectivity index (χ2n) is 7.38. The van der Waals surface area contributed by atoms with Crippen LogP contribution in [0.5, 0.6) is 0 Å². The van der Waals surface area contributed by atoms with Gasteiger partial charge in [0.2, 0.25) is 0 Å². The molecule has 2 atom stereocenters. The summed E-state index contributed by atoms with van der Waals surface area (Å²) in [4.78, 5) is 25.4. The van der Waals surface area contributed by atoms with Crippen LogP contribution in [-0.2, 0) is 0 Å². The third-order valence-electron chi connectivity index (χ3n) is 4.33. The number of benzene rings is 2. The Morgan fingerprint density at radius 2 is 1.00 bits per heavy atom. The van der Waals surface area contributed by atoms with Gasteiger partial charge in [0.15, 0.2) is 11.6 Å². The molecule has 4 heteroatoms. The summed E-state index contributed by atoms with van der Waals surface area (Å²) in [5.41, 5.74) is 3.77. The maximum absolute atomic E-state index is 12.7. The van der Waals surface area contributed by atoms with Crippen LogP contribution < -0.4 is 0 Å². The Bertz CT molecular complexity index is 725. The van der Waals surface area contributed by atoms with Gasteiger partial charge in [-0.15, -0.1) is 23.5 Å². The van der Waals surface area contributed by atoms with E-state index in [9.17, 15) is 9.59 Å². The van der Waals surface area contributed by atoms with Gasteiger partial charge in [-0.05, 0) is 41.5 Å². The molecule has 2 aromatic carbocycles. The maximum Gasteiger partial charge on any atom is 0.175 e. The number of ketones is 2. The lowest BCUT2D eigenvalue weighted by Gasteiger charge is -2.29. The number of hydrogen-bond acceptors (Lipinski definition) is 4. The second kappa shape index (κ2) is 9.11. The van der Waals surface area contributed by atoms with Crippen molar-refractivity contribution in [1.29, 1.82) is 0 Å². The molecule has 2 aromatic rings. The van der Waals surface area contributed by atoms with Crippen LogP contribution in [0.2, 0.25) is 0 Å². The first-order chi connectivity index (χ1) is 12.6. The van der Waals surface area contributed by atoms with E-state index in [0.29, 0.717) is 0 Å². The van der Waals surface area contributed by atoms with E-state index in [1.807, 2.05) is 76.2 Å². The van der Waals surface area contributed by atoms with Crippen LogP contribution in [0.25, 0.3) is 0 Å². The molecule has 0 aliphatic rings. The van der Waals surface area contributed by atoms with Gasteiger partial charge < -0.3 is 0 Å². The van der Waals surface area contributed by atoms with Crippen molar-refractivity contribution in [2.45, 2.75) is 56.1 Å². The van der Waals surface area contributed by atoms with E-state index in [2.05, 4.69) is 13.8 Å². The van der Waals surface area contributed by atoms with Gasteiger partial charge in [-0.1, -0.05) is 59.7 Å². The minimum absolute atomic E-state index is 0.131. The molecule has 2 rings (SSSR count). The van der Waals surface area contributed by atoms with E-state index < -0.39 is 0 Å². The molecule has 0 amide bonds. The van der Waals surface area contributed by atoms with E-state index in [-0.39, 0.29) is 26.1 Å². The van der Waals surface area contributed by atoms with Crippen LogP contribution >= 0.6 is 23.5 Å². The van der Waals surface area contributed by atoms with Gasteiger partial charge in [0.25, 0.3) is 0 Å². The van der Waals surface area contributed by atoms with Crippen LogP contribution in [0.15, 0.2) is 48.5 Å². The summed E-state index contributed by atoms with van der Waals surface area (Å²) >= 11 is 3.23. The first-order valence-corrected chi connectivity index (χ1v) is 10.9. The van der Waals surface area contributed by atoms with Crippen LogP contribution in [-0.4, -0.2) is 26.1 Å². The zero-order valence-corrected chi connectivity index (χ0v) is 18.5. The maximum atomic E-state index is 12.7. The molecule has 0 aliphatic carbocycles. The van der Waals surface area contributed by atoms with E-state index >= 15 is 0 Å². The summed E-state index contributed by atoms with van der Waals surface area (Å²) in [5, 5.41) is -0.339. The van der Waals surface area contributed by atoms with E-state index in [1.165, 1.54) is 0 Å². The monoisotopic (exact) mass is 400 g/mol. The predicted octanol–water partition coefficient (Wildman–Crippen LogP) is 6.35. The Balaban J connectivity index is 2.00. The van der Waals surface area contributed by atoms with Crippen molar-refractivity contribution < 1.29 is 9.59 Å². The number of rotatable bonds is 8. The molecular formula is C23H28O2S2. The van der Waals surface area contributed by atoms with Gasteiger partial charge in [0.05, 0.1) is 14.6 Å². The summed E-state index contributed by atoms with van der Waals surface area (Å²) in [5.74, 6) is 0.261. The van der Waals surface area contributed by atoms with Crippen LogP contribution in [0, 0.1) is 13.8 Å². The fourth-order valence-electron chi connectivity index (χ4n) is 2.89. The SMILES string of the molecule is Cc1ccc(C(=O)C(C)SC(C)(C)SC(C)C(=O)c2ccc(C)cc2)cc1. The molecule has 0 radical (unpaired) electrons. The van der Waals surface area contributed by atoms with Crippen molar-refractivity contribution in [1.82, 2.24) is 0 Å². The van der Waals surface area contributed by atoms with Gasteiger partial charge in [-0.25, -0.2) is 0 Å². The lowest BCUT2D eigenvalue weighted by molar-refractivity contribution is 0.0987. The molecular weight excluding hydrogens is 372 g/mol. The first-order valence-electron chi connectivity index (χ1n) is 9.16. The second-order valence-corrected chi connectivity index (χ2v) is 11.6. The Hall–Kier alpha value is -1.52. The van der Waals surface area contributed by atoms with Crippen LogP contribution in [0.1, 0.15) is 59.5 Å². The molecule has 0 aliphatic heterocycles. The van der Waals surface area contributed by atoms with Crippen molar-refractivity contribution in [2.75, 3.05) is 0 Å². The van der Waals surface area contributed by atoms with Crippen LogP contribution in [0.3, 0.4) is 0 Å². The number of aryl methyl sites for hydroxylation is 2. The Morgan fingerprint density at radius 1 is 0.704 bits per heavy atom. The fraction of sp³-hybridized carbons (Fsp3) is 0.391. The van der Waals surface area contributed by atoms with Crippen molar-refractivity contribution in [3.8, 4) is 0 Å². The van der Waals surface area contributed by atoms with Gasteiger partial charge in [-0.3, -0.25) is 9.59 Å². The summed E-state index contributed by atoms with van der Waals surface area (Å²) in [7, 11) is 0. The molecule has 144 valence electrons. The summed E-state index contributed by atoms with van der Waals surface area (Å²) in [6, 6.07) is 15.4. The summed E-state index contributed by atoms with van der Waals surface area (Å²) in [6.45, 7) is 12.1. The van der Waals surface area contributed by atoms with Crippen molar-refractivity contribution >= 4 is 35.1 Å². The average molecular weight is 401 g/mol. The number of thioether (sulfide) groups is 2. The number of carbonyl (C=O) groups excluding carboxylic acids is 2. The molecule has 27 heavy (non-hydrogen) atoms. The van der Waals surface area contributed by atoms with E-state index in [1.54, 1.807) is 23.5 Å². The lowest BCUT2D eigenvalue weighted by Crippen LogP contribution is -2.25. The highest BCUT2D eigenvalue weighted by Crippen LogP contribution is 2.42. The van der Waals surface area contributed by atoms with Gasteiger partial charge in [-0.2, -0.15) is 0 Å². The van der Waals surface area contributed by atoms with Gasteiger partial charge in [0.1, 0.15) is 0 Å². The highest BCUT2D eigenvalue weighted by molar-refractivity contribution is 8.19. The molecule has 2 unspecified atom stereocenters. The standard InChI is InChI=1S/C23H28O2S2/c1-15-7-11-19(12-8-15)21(24)17(3)26-23(5,6)27-18(4)22(25)20-13-9-16(2)10-14-20/h7-14,17-18H,1-6H3. The fourth-order valence-corrected chi connectivity index (χ4v) is 6.17. The lowest BCUT2D eigenvalue weighted by atomic mass is 10.1. The van der Waals surface area contributed by atoms with Crippen molar-refractivity contribution in [2.24, 2.45) is 0 Å². The van der Waals surface area contributed by atoms with Gasteiger partial charge in [0, 0.05) is 11.1 Å². The summed E-state index contributed by atoms with van der Waals surface area (Å²) in [6.07, 6.45) is 0. The molecule has 0 bridgehead atoms. The minimum atomic E-state index is -0.250. The molecule has 0 aromatic heterocycles. The zero-order chi connectivity index (χ0) is 20.2. The topological polar surface area (TPSA) is 34.1 Å². The van der Waals surface area contributed by atoms with Crippen molar-refractivity contribution in [3.63, 3.8) is 0 Å². The van der Waals surface area contributed by atoms with Gasteiger partial charge >= 0.3 is 0 Å². The first kappa shape index (κ1) is 21.8. The normalized spacial score (nSPS) is 13.9. The average Bonchev–Trinajstić information content (AvgIpc) is 2.61. The highest BCUT2D eigenvalue weighted by atomic mass is 32.2. The smallest absolute Gasteiger partial charge is 0.175 e. The molecule has 0 N–H and O–H groups in total. The number of carbonyl (C=O) groups is 2. The largest absolute Gasteiger partial charge is 0.293 e. The molecule has 0 fully saturated rings. The zero-order valence-electron chi connectivity index (χ0n) is 16.9. The molecule has 2 nitrogen and oxygen atoms in total. The molecule has 0 spiro atoms. The number of Topliss-reactive ketones (excluding diaryl/α,β-unsaturated/α-hetero) is 2. The highest BCUT2D eigenvalue weighted by Gasteiger charge is 2.30. The number of hydrogen-bond donors (Lipinski definition) is 0. The Kier molecular flexibility index (Phi) is 7.35. The van der Waals surface area contributed by atoms with E-state index in [4.69, 9.17) is 0 Å². The third-order valence-corrected chi connectivity index (χ3v) is 7.18. The predicted molar refractivity (Wildman–Crippen MR) is 119 cm³/mol. The quantitative estimate of drug-likeness (QED) is 0.382. The van der Waals surface area contributed by atoms with Crippen LogP contribution in [0.4, 0.5) is 0 Å². The Labute approximate surface area is 171 Å². The molecule has 0 saturated heterocycles. The molecule has 0 saturated carbocycles. The third kappa shape index (κ3) is 6.25. The summed E-state index contributed by atoms with van der Waals surface area (Å²) < 4.78 is -0.250.